The molecule has 2 heterocycles. The molecule has 2 atom stereocenters. The minimum Gasteiger partial charge on any atom is -0.383 e. The van der Waals surface area contributed by atoms with Crippen molar-refractivity contribution in [1.82, 2.24) is 10.2 Å². The van der Waals surface area contributed by atoms with E-state index in [2.05, 4.69) is 5.32 Å². The molecule has 2 amide bonds. The summed E-state index contributed by atoms with van der Waals surface area (Å²) in [6, 6.07) is 18.3. The smallest absolute Gasteiger partial charge is 0.254 e. The van der Waals surface area contributed by atoms with Crippen molar-refractivity contribution in [2.24, 2.45) is 0 Å². The monoisotopic (exact) mass is 454 g/mol. The van der Waals surface area contributed by atoms with Crippen LogP contribution in [0.3, 0.4) is 0 Å². The van der Waals surface area contributed by atoms with Crippen molar-refractivity contribution < 1.29 is 14.3 Å². The number of halogens is 1. The van der Waals surface area contributed by atoms with Crippen LogP contribution in [0.5, 0.6) is 0 Å². The number of rotatable bonds is 7. The molecule has 7 heteroatoms. The molecule has 2 aromatic carbocycles. The van der Waals surface area contributed by atoms with E-state index in [4.69, 9.17) is 16.3 Å². The van der Waals surface area contributed by atoms with Gasteiger partial charge in [0.25, 0.3) is 5.91 Å². The molecule has 0 saturated heterocycles. The second kappa shape index (κ2) is 9.64. The van der Waals surface area contributed by atoms with Crippen LogP contribution in [0.4, 0.5) is 0 Å². The van der Waals surface area contributed by atoms with Gasteiger partial charge in [-0.05, 0) is 40.8 Å². The van der Waals surface area contributed by atoms with Gasteiger partial charge in [0, 0.05) is 35.7 Å². The first-order valence-corrected chi connectivity index (χ1v) is 11.3. The van der Waals surface area contributed by atoms with Gasteiger partial charge < -0.3 is 15.0 Å². The number of nitrogens with one attached hydrogen (secondary N) is 1. The summed E-state index contributed by atoms with van der Waals surface area (Å²) < 4.78 is 5.26. The Labute approximate surface area is 190 Å². The molecule has 0 spiro atoms. The fourth-order valence-electron chi connectivity index (χ4n) is 3.99. The van der Waals surface area contributed by atoms with Crippen molar-refractivity contribution in [3.05, 3.63) is 92.6 Å². The molecule has 1 aromatic heterocycles. The molecule has 0 bridgehead atoms. The molecule has 0 aliphatic carbocycles. The number of methoxy groups -OCH3 is 1. The number of nitrogens with zero attached hydrogens (tertiary/aromatic N) is 1. The Morgan fingerprint density at radius 1 is 1.13 bits per heavy atom. The number of benzene rings is 2. The molecule has 0 saturated carbocycles. The topological polar surface area (TPSA) is 58.6 Å². The van der Waals surface area contributed by atoms with Crippen LogP contribution >= 0.6 is 22.9 Å². The van der Waals surface area contributed by atoms with E-state index in [0.717, 1.165) is 16.0 Å². The van der Waals surface area contributed by atoms with Crippen LogP contribution in [-0.4, -0.2) is 37.0 Å². The van der Waals surface area contributed by atoms with Crippen LogP contribution in [0.25, 0.3) is 0 Å². The Morgan fingerprint density at radius 2 is 1.90 bits per heavy atom. The van der Waals surface area contributed by atoms with Gasteiger partial charge in [-0.3, -0.25) is 9.59 Å². The number of hydrogen-bond acceptors (Lipinski definition) is 4. The zero-order valence-corrected chi connectivity index (χ0v) is 18.7. The van der Waals surface area contributed by atoms with E-state index in [1.807, 2.05) is 47.8 Å². The van der Waals surface area contributed by atoms with E-state index in [1.54, 1.807) is 41.5 Å². The standard InChI is InChI=1S/C24H23ClN2O3S/c1-30-13-12-27-22(20-7-4-14-31-20)21(18-5-2-3-6-19(18)24(27)29)23(28)26-15-16-8-10-17(25)11-9-16/h2-11,14,21-22H,12-13,15H2,1H3,(H,26,28)/t21-,22+/m1/s1. The Bertz CT molecular complexity index is 1050. The minimum atomic E-state index is -0.517. The van der Waals surface area contributed by atoms with Crippen molar-refractivity contribution in [2.45, 2.75) is 18.5 Å². The second-order valence-electron chi connectivity index (χ2n) is 7.36. The number of hydrogen-bond donors (Lipinski definition) is 1. The Kier molecular flexibility index (Phi) is 6.70. The summed E-state index contributed by atoms with van der Waals surface area (Å²) in [6.45, 7) is 1.19. The average molecular weight is 455 g/mol. The van der Waals surface area contributed by atoms with Crippen LogP contribution in [-0.2, 0) is 16.1 Å². The molecule has 5 nitrogen and oxygen atoms in total. The SMILES string of the molecule is COCCN1C(=O)c2ccccc2[C@@H](C(=O)NCc2ccc(Cl)cc2)[C@@H]1c1cccs1. The number of thiophene rings is 1. The van der Waals surface area contributed by atoms with Crippen LogP contribution in [0, 0.1) is 0 Å². The molecule has 0 unspecified atom stereocenters. The highest BCUT2D eigenvalue weighted by atomic mass is 35.5. The lowest BCUT2D eigenvalue weighted by molar-refractivity contribution is -0.124. The van der Waals surface area contributed by atoms with Gasteiger partial charge in [-0.2, -0.15) is 0 Å². The molecule has 1 aliphatic rings. The lowest BCUT2D eigenvalue weighted by Gasteiger charge is -2.41. The molecule has 3 aromatic rings. The molecule has 0 fully saturated rings. The van der Waals surface area contributed by atoms with E-state index in [1.165, 1.54) is 0 Å². The van der Waals surface area contributed by atoms with Crippen LogP contribution < -0.4 is 5.32 Å². The average Bonchev–Trinajstić information content (AvgIpc) is 3.32. The van der Waals surface area contributed by atoms with Gasteiger partial charge in [0.1, 0.15) is 0 Å². The quantitative estimate of drug-likeness (QED) is 0.565. The zero-order valence-electron chi connectivity index (χ0n) is 17.1. The number of carbonyl (C=O) groups is 2. The summed E-state index contributed by atoms with van der Waals surface area (Å²) in [5.74, 6) is -0.708. The third-order valence-electron chi connectivity index (χ3n) is 5.47. The maximum atomic E-state index is 13.5. The fourth-order valence-corrected chi connectivity index (χ4v) is 4.99. The van der Waals surface area contributed by atoms with Crippen molar-refractivity contribution in [1.29, 1.82) is 0 Å². The fraction of sp³-hybridized carbons (Fsp3) is 0.250. The molecule has 1 N–H and O–H groups in total. The van der Waals surface area contributed by atoms with Gasteiger partial charge in [0.2, 0.25) is 5.91 Å². The lowest BCUT2D eigenvalue weighted by atomic mass is 9.81. The maximum Gasteiger partial charge on any atom is 0.254 e. The van der Waals surface area contributed by atoms with Gasteiger partial charge >= 0.3 is 0 Å². The second-order valence-corrected chi connectivity index (χ2v) is 8.78. The predicted molar refractivity (Wildman–Crippen MR) is 122 cm³/mol. The Balaban J connectivity index is 1.70. The maximum absolute atomic E-state index is 13.5. The predicted octanol–water partition coefficient (Wildman–Crippen LogP) is 4.65. The molecule has 1 aliphatic heterocycles. The van der Waals surface area contributed by atoms with Crippen LogP contribution in [0.15, 0.2) is 66.0 Å². The number of carbonyl (C=O) groups excluding carboxylic acids is 2. The number of ether oxygens (including phenoxy) is 1. The van der Waals surface area contributed by atoms with Crippen LogP contribution in [0.2, 0.25) is 5.02 Å². The minimum absolute atomic E-state index is 0.0761. The molecule has 160 valence electrons. The van der Waals surface area contributed by atoms with E-state index in [0.29, 0.717) is 30.3 Å². The van der Waals surface area contributed by atoms with Crippen molar-refractivity contribution in [2.75, 3.05) is 20.3 Å². The number of amides is 2. The Morgan fingerprint density at radius 3 is 2.61 bits per heavy atom. The molecular weight excluding hydrogens is 432 g/mol. The largest absolute Gasteiger partial charge is 0.383 e. The first-order valence-electron chi connectivity index (χ1n) is 10.0. The van der Waals surface area contributed by atoms with Crippen LogP contribution in [0.1, 0.15) is 38.3 Å². The lowest BCUT2D eigenvalue weighted by Crippen LogP contribution is -2.48. The summed E-state index contributed by atoms with van der Waals surface area (Å²) in [5.41, 5.74) is 2.29. The highest BCUT2D eigenvalue weighted by molar-refractivity contribution is 7.10. The van der Waals surface area contributed by atoms with E-state index >= 15 is 0 Å². The summed E-state index contributed by atoms with van der Waals surface area (Å²) >= 11 is 7.52. The van der Waals surface area contributed by atoms with Crippen molar-refractivity contribution in [3.63, 3.8) is 0 Å². The van der Waals surface area contributed by atoms with E-state index < -0.39 is 5.92 Å². The van der Waals surface area contributed by atoms with Crippen molar-refractivity contribution in [3.8, 4) is 0 Å². The molecular formula is C24H23ClN2O3S. The van der Waals surface area contributed by atoms with E-state index in [9.17, 15) is 9.59 Å². The normalized spacial score (nSPS) is 18.0. The molecule has 4 rings (SSSR count). The third kappa shape index (κ3) is 4.51. The van der Waals surface area contributed by atoms with Gasteiger partial charge in [0.15, 0.2) is 0 Å². The van der Waals surface area contributed by atoms with Crippen molar-refractivity contribution >= 4 is 34.8 Å². The summed E-state index contributed by atoms with van der Waals surface area (Å²) in [7, 11) is 1.61. The molecule has 0 radical (unpaired) electrons. The van der Waals surface area contributed by atoms with Gasteiger partial charge in [0.05, 0.1) is 18.6 Å². The first kappa shape index (κ1) is 21.6. The Hall–Kier alpha value is -2.67. The highest BCUT2D eigenvalue weighted by Crippen LogP contribution is 2.44. The summed E-state index contributed by atoms with van der Waals surface area (Å²) in [4.78, 5) is 29.6. The number of fused-ring (bicyclic) bond motifs is 1. The van der Waals surface area contributed by atoms with E-state index in [-0.39, 0.29) is 17.9 Å². The molecule has 31 heavy (non-hydrogen) atoms. The summed E-state index contributed by atoms with van der Waals surface area (Å²) in [6.07, 6.45) is 0. The van der Waals surface area contributed by atoms with Gasteiger partial charge in [-0.25, -0.2) is 0 Å². The first-order chi connectivity index (χ1) is 15.1. The highest BCUT2D eigenvalue weighted by Gasteiger charge is 2.44. The summed E-state index contributed by atoms with van der Waals surface area (Å²) in [5, 5.41) is 5.69. The van der Waals surface area contributed by atoms with Gasteiger partial charge in [-0.1, -0.05) is 48.0 Å². The third-order valence-corrected chi connectivity index (χ3v) is 6.67. The van der Waals surface area contributed by atoms with Gasteiger partial charge in [-0.15, -0.1) is 11.3 Å². The zero-order chi connectivity index (χ0) is 21.8.